The Hall–Kier alpha value is -3.96. The minimum atomic E-state index is 0. The quantitative estimate of drug-likeness (QED) is 0.214. The van der Waals surface area contributed by atoms with Crippen molar-refractivity contribution in [1.29, 1.82) is 0 Å². The van der Waals surface area contributed by atoms with Crippen LogP contribution in [0.15, 0.2) is 97.5 Å². The molecule has 0 amide bonds. The van der Waals surface area contributed by atoms with Gasteiger partial charge in [-0.3, -0.25) is 4.98 Å². The van der Waals surface area contributed by atoms with Gasteiger partial charge in [-0.05, 0) is 59.0 Å². The highest BCUT2D eigenvalue weighted by atomic mass is 35.5. The normalized spacial score (nSPS) is 10.6. The summed E-state index contributed by atoms with van der Waals surface area (Å²) in [6, 6.07) is 26.8. The van der Waals surface area contributed by atoms with Crippen molar-refractivity contribution >= 4 is 34.8 Å². The van der Waals surface area contributed by atoms with Crippen LogP contribution in [0, 0.1) is 0 Å². The highest BCUT2D eigenvalue weighted by Crippen LogP contribution is 2.32. The Kier molecular flexibility index (Phi) is 7.35. The fourth-order valence-electron chi connectivity index (χ4n) is 4.01. The molecular formula is C28H26ClN5. The SMILES string of the molecule is Cl.Nc1ccccc1CCCNc1ncc(-c2ccc3ccccc3c2)c(-c2ccncc2)n1. The molecule has 2 heterocycles. The standard InChI is InChI=1S/C28H25N5.ClH/c29-26-10-4-3-7-21(26)9-5-15-31-28-32-19-25(27(33-28)22-13-16-30-17-14-22)24-12-11-20-6-1-2-8-23(20)18-24;/h1-4,6-8,10-14,16-19H,5,9,15,29H2,(H,31,32,33);1H. The maximum atomic E-state index is 6.05. The first-order valence-corrected chi connectivity index (χ1v) is 11.1. The van der Waals surface area contributed by atoms with Crippen molar-refractivity contribution in [2.75, 3.05) is 17.6 Å². The van der Waals surface area contributed by atoms with Gasteiger partial charge in [-0.1, -0.05) is 54.6 Å². The molecule has 0 spiro atoms. The maximum Gasteiger partial charge on any atom is 0.223 e. The monoisotopic (exact) mass is 467 g/mol. The Morgan fingerprint density at radius 1 is 0.794 bits per heavy atom. The predicted octanol–water partition coefficient (Wildman–Crippen LogP) is 6.41. The number of para-hydroxylation sites is 1. The Labute approximate surface area is 205 Å². The number of rotatable bonds is 7. The molecule has 3 N–H and O–H groups in total. The van der Waals surface area contributed by atoms with E-state index in [0.717, 1.165) is 47.5 Å². The molecule has 5 aromatic rings. The first kappa shape index (κ1) is 23.2. The van der Waals surface area contributed by atoms with Crippen LogP contribution < -0.4 is 11.1 Å². The number of fused-ring (bicyclic) bond motifs is 1. The number of pyridine rings is 1. The lowest BCUT2D eigenvalue weighted by atomic mass is 9.98. The van der Waals surface area contributed by atoms with Crippen LogP contribution in [0.5, 0.6) is 0 Å². The number of benzene rings is 3. The van der Waals surface area contributed by atoms with E-state index in [4.69, 9.17) is 10.7 Å². The number of nitrogens with two attached hydrogens (primary N) is 1. The van der Waals surface area contributed by atoms with Crippen LogP contribution in [-0.4, -0.2) is 21.5 Å². The van der Waals surface area contributed by atoms with Gasteiger partial charge in [0.05, 0.1) is 5.69 Å². The molecule has 2 aromatic heterocycles. The number of nitrogen functional groups attached to an aromatic ring is 1. The minimum absolute atomic E-state index is 0. The molecule has 0 fully saturated rings. The third-order valence-electron chi connectivity index (χ3n) is 5.76. The van der Waals surface area contributed by atoms with Crippen LogP contribution in [0.1, 0.15) is 12.0 Å². The first-order chi connectivity index (χ1) is 16.3. The Morgan fingerprint density at radius 2 is 1.56 bits per heavy atom. The average molecular weight is 468 g/mol. The number of halogens is 1. The van der Waals surface area contributed by atoms with E-state index in [1.807, 2.05) is 36.5 Å². The molecule has 0 bridgehead atoms. The van der Waals surface area contributed by atoms with Crippen LogP contribution in [-0.2, 0) is 6.42 Å². The summed E-state index contributed by atoms with van der Waals surface area (Å²) in [4.78, 5) is 13.7. The Balaban J connectivity index is 0.00000274. The lowest BCUT2D eigenvalue weighted by Crippen LogP contribution is -2.08. The number of hydrogen-bond donors (Lipinski definition) is 2. The summed E-state index contributed by atoms with van der Waals surface area (Å²) in [5.74, 6) is 0.618. The summed E-state index contributed by atoms with van der Waals surface area (Å²) in [6.07, 6.45) is 7.34. The van der Waals surface area contributed by atoms with E-state index in [2.05, 4.69) is 63.8 Å². The van der Waals surface area contributed by atoms with Crippen molar-refractivity contribution in [3.8, 4) is 22.4 Å². The molecule has 3 aromatic carbocycles. The smallest absolute Gasteiger partial charge is 0.223 e. The van der Waals surface area contributed by atoms with Gasteiger partial charge in [0.25, 0.3) is 0 Å². The van der Waals surface area contributed by atoms with Gasteiger partial charge in [0, 0.05) is 41.9 Å². The molecule has 0 radical (unpaired) electrons. The number of nitrogens with one attached hydrogen (secondary N) is 1. The third-order valence-corrected chi connectivity index (χ3v) is 5.76. The third kappa shape index (κ3) is 5.16. The van der Waals surface area contributed by atoms with E-state index in [-0.39, 0.29) is 12.4 Å². The minimum Gasteiger partial charge on any atom is -0.399 e. The lowest BCUT2D eigenvalue weighted by molar-refractivity contribution is 0.855. The molecule has 5 rings (SSSR count). The second-order valence-electron chi connectivity index (χ2n) is 7.98. The van der Waals surface area contributed by atoms with Crippen molar-refractivity contribution in [1.82, 2.24) is 15.0 Å². The van der Waals surface area contributed by atoms with E-state index in [1.54, 1.807) is 12.4 Å². The molecule has 0 atom stereocenters. The van der Waals surface area contributed by atoms with E-state index in [9.17, 15) is 0 Å². The second-order valence-corrected chi connectivity index (χ2v) is 7.98. The fraction of sp³-hybridized carbons (Fsp3) is 0.107. The molecule has 5 nitrogen and oxygen atoms in total. The van der Waals surface area contributed by atoms with E-state index in [1.165, 1.54) is 16.3 Å². The molecule has 6 heteroatoms. The fourth-order valence-corrected chi connectivity index (χ4v) is 4.01. The number of hydrogen-bond acceptors (Lipinski definition) is 5. The average Bonchev–Trinajstić information content (AvgIpc) is 2.88. The molecule has 0 saturated heterocycles. The highest BCUT2D eigenvalue weighted by molar-refractivity contribution is 5.90. The number of aryl methyl sites for hydroxylation is 1. The summed E-state index contributed by atoms with van der Waals surface area (Å²) >= 11 is 0. The van der Waals surface area contributed by atoms with Crippen LogP contribution in [0.3, 0.4) is 0 Å². The zero-order chi connectivity index (χ0) is 22.5. The molecule has 0 saturated carbocycles. The van der Waals surface area contributed by atoms with E-state index >= 15 is 0 Å². The molecular weight excluding hydrogens is 442 g/mol. The van der Waals surface area contributed by atoms with Crippen molar-refractivity contribution in [2.45, 2.75) is 12.8 Å². The maximum absolute atomic E-state index is 6.05. The zero-order valence-corrected chi connectivity index (χ0v) is 19.5. The molecule has 0 aliphatic carbocycles. The Morgan fingerprint density at radius 3 is 2.38 bits per heavy atom. The second kappa shape index (κ2) is 10.8. The Bertz CT molecular complexity index is 1390. The zero-order valence-electron chi connectivity index (χ0n) is 18.7. The van der Waals surface area contributed by atoms with Crippen LogP contribution in [0.2, 0.25) is 0 Å². The predicted molar refractivity (Wildman–Crippen MR) is 143 cm³/mol. The van der Waals surface area contributed by atoms with Crippen molar-refractivity contribution in [2.24, 2.45) is 0 Å². The summed E-state index contributed by atoms with van der Waals surface area (Å²) in [6.45, 7) is 0.763. The largest absolute Gasteiger partial charge is 0.399 e. The van der Waals surface area contributed by atoms with Crippen molar-refractivity contribution in [3.63, 3.8) is 0 Å². The highest BCUT2D eigenvalue weighted by Gasteiger charge is 2.12. The van der Waals surface area contributed by atoms with Gasteiger partial charge in [0.2, 0.25) is 5.95 Å². The summed E-state index contributed by atoms with van der Waals surface area (Å²) < 4.78 is 0. The van der Waals surface area contributed by atoms with Gasteiger partial charge < -0.3 is 11.1 Å². The first-order valence-electron chi connectivity index (χ1n) is 11.1. The van der Waals surface area contributed by atoms with Gasteiger partial charge in [-0.15, -0.1) is 12.4 Å². The summed E-state index contributed by atoms with van der Waals surface area (Å²) in [7, 11) is 0. The topological polar surface area (TPSA) is 76.7 Å². The summed E-state index contributed by atoms with van der Waals surface area (Å²) in [5, 5.41) is 5.78. The van der Waals surface area contributed by atoms with E-state index in [0.29, 0.717) is 5.95 Å². The van der Waals surface area contributed by atoms with Crippen molar-refractivity contribution < 1.29 is 0 Å². The van der Waals surface area contributed by atoms with Gasteiger partial charge in [0.1, 0.15) is 0 Å². The molecule has 34 heavy (non-hydrogen) atoms. The van der Waals surface area contributed by atoms with Gasteiger partial charge in [-0.25, -0.2) is 9.97 Å². The van der Waals surface area contributed by atoms with Gasteiger partial charge >= 0.3 is 0 Å². The van der Waals surface area contributed by atoms with Gasteiger partial charge in [-0.2, -0.15) is 0 Å². The van der Waals surface area contributed by atoms with E-state index < -0.39 is 0 Å². The summed E-state index contributed by atoms with van der Waals surface area (Å²) in [5.41, 5.74) is 12.0. The number of nitrogens with zero attached hydrogens (tertiary/aromatic N) is 3. The lowest BCUT2D eigenvalue weighted by Gasteiger charge is -2.13. The van der Waals surface area contributed by atoms with Crippen molar-refractivity contribution in [3.05, 3.63) is 103 Å². The molecule has 170 valence electrons. The van der Waals surface area contributed by atoms with Gasteiger partial charge in [0.15, 0.2) is 0 Å². The molecule has 0 aliphatic rings. The number of aromatic nitrogens is 3. The van der Waals surface area contributed by atoms with Crippen LogP contribution >= 0.6 is 12.4 Å². The molecule has 0 unspecified atom stereocenters. The molecule has 0 aliphatic heterocycles. The van der Waals surface area contributed by atoms with Crippen LogP contribution in [0.4, 0.5) is 11.6 Å². The van der Waals surface area contributed by atoms with Crippen LogP contribution in [0.25, 0.3) is 33.2 Å². The number of anilines is 2.